The fourth-order valence-corrected chi connectivity index (χ4v) is 3.67. The number of carbonyl (C=O) groups is 2. The number of nitrogens with one attached hydrogen (secondary N) is 2. The van der Waals surface area contributed by atoms with Crippen LogP contribution in [-0.4, -0.2) is 39.7 Å². The van der Waals surface area contributed by atoms with Crippen molar-refractivity contribution >= 4 is 11.8 Å². The standard InChI is InChI=1S/C23H21F2N3O3/c24-17-6-1-14(2-7-17)20-13-16(22(27-20)15-3-8-18(25)9-4-15)5-10-21(29)26-19-11-12-28(31)23(19)30/h1-4,6-9,13,19,27,31H,5,10-12H2,(H,26,29). The quantitative estimate of drug-likeness (QED) is 0.527. The third-order valence-corrected chi connectivity index (χ3v) is 5.33. The Balaban J connectivity index is 1.55. The Morgan fingerprint density at radius 2 is 1.68 bits per heavy atom. The number of carbonyl (C=O) groups excluding carboxylic acids is 2. The van der Waals surface area contributed by atoms with Crippen LogP contribution in [-0.2, 0) is 16.0 Å². The van der Waals surface area contributed by atoms with E-state index in [1.54, 1.807) is 24.3 Å². The maximum atomic E-state index is 13.4. The Bertz CT molecular complexity index is 1090. The van der Waals surface area contributed by atoms with E-state index < -0.39 is 11.9 Å². The van der Waals surface area contributed by atoms with Crippen molar-refractivity contribution in [2.24, 2.45) is 0 Å². The lowest BCUT2D eigenvalue weighted by Crippen LogP contribution is -2.40. The van der Waals surface area contributed by atoms with Crippen LogP contribution in [0.5, 0.6) is 0 Å². The summed E-state index contributed by atoms with van der Waals surface area (Å²) in [6, 6.07) is 13.2. The third kappa shape index (κ3) is 4.64. The van der Waals surface area contributed by atoms with Crippen LogP contribution in [0.2, 0.25) is 0 Å². The molecule has 2 amide bonds. The summed E-state index contributed by atoms with van der Waals surface area (Å²) in [4.78, 5) is 27.4. The zero-order chi connectivity index (χ0) is 22.0. The molecule has 1 fully saturated rings. The molecule has 1 saturated heterocycles. The van der Waals surface area contributed by atoms with Crippen molar-refractivity contribution in [3.8, 4) is 22.5 Å². The number of hydrogen-bond acceptors (Lipinski definition) is 3. The number of aryl methyl sites for hydroxylation is 1. The Kier molecular flexibility index (Phi) is 5.81. The Hall–Kier alpha value is -3.52. The zero-order valence-electron chi connectivity index (χ0n) is 16.6. The van der Waals surface area contributed by atoms with E-state index in [1.165, 1.54) is 24.3 Å². The van der Waals surface area contributed by atoms with Gasteiger partial charge in [0.25, 0.3) is 5.91 Å². The lowest BCUT2D eigenvalue weighted by molar-refractivity contribution is -0.159. The van der Waals surface area contributed by atoms with E-state index in [-0.39, 0.29) is 30.5 Å². The fourth-order valence-electron chi connectivity index (χ4n) is 3.67. The van der Waals surface area contributed by atoms with Crippen molar-refractivity contribution in [1.29, 1.82) is 0 Å². The van der Waals surface area contributed by atoms with Crippen LogP contribution in [0.15, 0.2) is 54.6 Å². The Morgan fingerprint density at radius 3 is 2.26 bits per heavy atom. The van der Waals surface area contributed by atoms with E-state index in [4.69, 9.17) is 0 Å². The zero-order valence-corrected chi connectivity index (χ0v) is 16.6. The average Bonchev–Trinajstić information content (AvgIpc) is 3.32. The van der Waals surface area contributed by atoms with Gasteiger partial charge in [0.2, 0.25) is 5.91 Å². The van der Waals surface area contributed by atoms with Crippen LogP contribution in [0.1, 0.15) is 18.4 Å². The first kappa shape index (κ1) is 20.7. The van der Waals surface area contributed by atoms with Crippen LogP contribution in [0.25, 0.3) is 22.5 Å². The summed E-state index contributed by atoms with van der Waals surface area (Å²) < 4.78 is 26.7. The van der Waals surface area contributed by atoms with Gasteiger partial charge in [-0.2, -0.15) is 0 Å². The SMILES string of the molecule is O=C(CCc1cc(-c2ccc(F)cc2)[nH]c1-c1ccc(F)cc1)NC1CCN(O)C1=O. The number of halogens is 2. The van der Waals surface area contributed by atoms with Crippen molar-refractivity contribution in [3.63, 3.8) is 0 Å². The highest BCUT2D eigenvalue weighted by Gasteiger charge is 2.31. The van der Waals surface area contributed by atoms with Gasteiger partial charge >= 0.3 is 0 Å². The topological polar surface area (TPSA) is 85.4 Å². The molecule has 0 spiro atoms. The van der Waals surface area contributed by atoms with E-state index in [0.29, 0.717) is 17.9 Å². The molecule has 6 nitrogen and oxygen atoms in total. The number of rotatable bonds is 6. The van der Waals surface area contributed by atoms with Gasteiger partial charge in [-0.05, 0) is 84.1 Å². The Morgan fingerprint density at radius 1 is 1.06 bits per heavy atom. The molecule has 1 aliphatic rings. The summed E-state index contributed by atoms with van der Waals surface area (Å²) in [5, 5.41) is 12.6. The second kappa shape index (κ2) is 8.69. The van der Waals surface area contributed by atoms with Crippen LogP contribution in [0.3, 0.4) is 0 Å². The third-order valence-electron chi connectivity index (χ3n) is 5.33. The minimum Gasteiger partial charge on any atom is -0.354 e. The molecule has 1 unspecified atom stereocenters. The van der Waals surface area contributed by atoms with Crippen molar-refractivity contribution in [1.82, 2.24) is 15.4 Å². The lowest BCUT2D eigenvalue weighted by Gasteiger charge is -2.11. The monoisotopic (exact) mass is 425 g/mol. The summed E-state index contributed by atoms with van der Waals surface area (Å²) in [5.74, 6) is -1.51. The molecule has 0 radical (unpaired) electrons. The first-order chi connectivity index (χ1) is 14.9. The second-order valence-electron chi connectivity index (χ2n) is 7.47. The van der Waals surface area contributed by atoms with E-state index in [9.17, 15) is 23.6 Å². The number of nitrogens with zero attached hydrogens (tertiary/aromatic N) is 1. The van der Waals surface area contributed by atoms with Crippen LogP contribution in [0.4, 0.5) is 8.78 Å². The number of hydroxylamine groups is 2. The number of aromatic nitrogens is 1. The molecule has 8 heteroatoms. The van der Waals surface area contributed by atoms with Crippen molar-refractivity contribution in [3.05, 3.63) is 71.8 Å². The number of hydrogen-bond donors (Lipinski definition) is 3. The van der Waals surface area contributed by atoms with E-state index in [1.807, 2.05) is 6.07 Å². The minimum atomic E-state index is -0.713. The van der Waals surface area contributed by atoms with Gasteiger partial charge in [0, 0.05) is 17.8 Å². The molecule has 1 aliphatic heterocycles. The minimum absolute atomic E-state index is 0.129. The van der Waals surface area contributed by atoms with Gasteiger partial charge in [-0.3, -0.25) is 14.8 Å². The van der Waals surface area contributed by atoms with Gasteiger partial charge in [0.1, 0.15) is 17.7 Å². The summed E-state index contributed by atoms with van der Waals surface area (Å²) in [6.45, 7) is 0.192. The highest BCUT2D eigenvalue weighted by atomic mass is 19.1. The molecule has 1 aromatic heterocycles. The highest BCUT2D eigenvalue weighted by molar-refractivity contribution is 5.88. The first-order valence-electron chi connectivity index (χ1n) is 9.94. The number of H-pyrrole nitrogens is 1. The van der Waals surface area contributed by atoms with E-state index in [2.05, 4.69) is 10.3 Å². The maximum Gasteiger partial charge on any atom is 0.268 e. The van der Waals surface area contributed by atoms with Crippen molar-refractivity contribution in [2.75, 3.05) is 6.54 Å². The molecule has 3 N–H and O–H groups in total. The molecular formula is C23H21F2N3O3. The van der Waals surface area contributed by atoms with E-state index >= 15 is 0 Å². The predicted molar refractivity (Wildman–Crippen MR) is 110 cm³/mol. The number of aromatic amines is 1. The number of benzene rings is 2. The average molecular weight is 425 g/mol. The smallest absolute Gasteiger partial charge is 0.268 e. The van der Waals surface area contributed by atoms with Gasteiger partial charge in [0.15, 0.2) is 0 Å². The summed E-state index contributed by atoms with van der Waals surface area (Å²) in [6.07, 6.45) is 0.866. The molecule has 0 aliphatic carbocycles. The molecule has 2 heterocycles. The molecule has 4 rings (SSSR count). The highest BCUT2D eigenvalue weighted by Crippen LogP contribution is 2.30. The van der Waals surface area contributed by atoms with Gasteiger partial charge in [-0.25, -0.2) is 13.8 Å². The first-order valence-corrected chi connectivity index (χ1v) is 9.94. The predicted octanol–water partition coefficient (Wildman–Crippen LogP) is 3.67. The lowest BCUT2D eigenvalue weighted by atomic mass is 10.0. The largest absolute Gasteiger partial charge is 0.354 e. The van der Waals surface area contributed by atoms with E-state index in [0.717, 1.165) is 28.1 Å². The van der Waals surface area contributed by atoms with Crippen molar-refractivity contribution < 1.29 is 23.6 Å². The van der Waals surface area contributed by atoms with Gasteiger partial charge < -0.3 is 10.3 Å². The van der Waals surface area contributed by atoms with Crippen LogP contribution in [0, 0.1) is 11.6 Å². The van der Waals surface area contributed by atoms with Gasteiger partial charge in [0.05, 0.1) is 6.54 Å². The summed E-state index contributed by atoms with van der Waals surface area (Å²) in [5.41, 5.74) is 3.86. The fraction of sp³-hybridized carbons (Fsp3) is 0.217. The van der Waals surface area contributed by atoms with Crippen LogP contribution < -0.4 is 5.32 Å². The van der Waals surface area contributed by atoms with Crippen molar-refractivity contribution in [2.45, 2.75) is 25.3 Å². The second-order valence-corrected chi connectivity index (χ2v) is 7.47. The number of amides is 2. The van der Waals surface area contributed by atoms with Crippen LogP contribution >= 0.6 is 0 Å². The molecular weight excluding hydrogens is 404 g/mol. The molecule has 160 valence electrons. The molecule has 0 saturated carbocycles. The van der Waals surface area contributed by atoms with Gasteiger partial charge in [-0.15, -0.1) is 0 Å². The molecule has 2 aromatic carbocycles. The Labute approximate surface area is 177 Å². The normalized spacial score (nSPS) is 16.0. The molecule has 0 bridgehead atoms. The summed E-state index contributed by atoms with van der Waals surface area (Å²) >= 11 is 0. The van der Waals surface area contributed by atoms with Gasteiger partial charge in [-0.1, -0.05) is 0 Å². The summed E-state index contributed by atoms with van der Waals surface area (Å²) in [7, 11) is 0. The maximum absolute atomic E-state index is 13.4. The molecule has 3 aromatic rings. The molecule has 31 heavy (non-hydrogen) atoms. The molecule has 1 atom stereocenters.